The second-order valence-corrected chi connectivity index (χ2v) is 9.83. The van der Waals surface area contributed by atoms with E-state index in [0.29, 0.717) is 79.2 Å². The molecule has 0 bridgehead atoms. The molecule has 0 amide bonds. The highest BCUT2D eigenvalue weighted by Crippen LogP contribution is 2.37. The lowest BCUT2D eigenvalue weighted by molar-refractivity contribution is 0.234. The van der Waals surface area contributed by atoms with Crippen LogP contribution in [-0.2, 0) is 6.42 Å². The van der Waals surface area contributed by atoms with Crippen LogP contribution in [-0.4, -0.2) is 73.5 Å². The molecule has 0 saturated carbocycles. The van der Waals surface area contributed by atoms with Crippen molar-refractivity contribution in [1.29, 1.82) is 0 Å². The second-order valence-electron chi connectivity index (χ2n) is 9.83. The Bertz CT molecular complexity index is 1480. The first-order chi connectivity index (χ1) is 20.4. The second kappa shape index (κ2) is 13.1. The minimum atomic E-state index is -0.707. The van der Waals surface area contributed by atoms with Crippen LogP contribution in [0.15, 0.2) is 47.0 Å². The van der Waals surface area contributed by atoms with Gasteiger partial charge in [0.1, 0.15) is 35.2 Å². The molecule has 1 saturated heterocycles. The smallest absolute Gasteiger partial charge is 0.227 e. The van der Waals surface area contributed by atoms with Crippen LogP contribution in [0.1, 0.15) is 19.2 Å². The molecule has 3 heterocycles. The minimum Gasteiger partial charge on any atom is -0.497 e. The molecule has 1 fully saturated rings. The van der Waals surface area contributed by atoms with Gasteiger partial charge in [0.05, 0.1) is 14.2 Å². The van der Waals surface area contributed by atoms with E-state index in [0.717, 1.165) is 6.42 Å². The zero-order valence-corrected chi connectivity index (χ0v) is 23.8. The number of halogens is 3. The number of aryl methyl sites for hydroxylation is 1. The number of alkyl halides is 1. The van der Waals surface area contributed by atoms with E-state index in [1.165, 1.54) is 18.3 Å². The molecule has 222 valence electrons. The molecular formula is C30H33F3N6O3. The Morgan fingerprint density at radius 1 is 0.952 bits per heavy atom. The number of anilines is 3. The fraction of sp³-hybridized carbons (Fsp3) is 0.367. The summed E-state index contributed by atoms with van der Waals surface area (Å²) in [5, 5.41) is 2.90. The number of nitrogens with zero attached hydrogens (tertiary/aromatic N) is 5. The van der Waals surface area contributed by atoms with Crippen LogP contribution in [0.4, 0.5) is 30.5 Å². The zero-order chi connectivity index (χ0) is 29.6. The Morgan fingerprint density at radius 3 is 2.26 bits per heavy atom. The number of hydrogen-bond donors (Lipinski definition) is 1. The predicted molar refractivity (Wildman–Crippen MR) is 154 cm³/mol. The molecule has 1 aliphatic heterocycles. The maximum absolute atomic E-state index is 15.1. The fourth-order valence-corrected chi connectivity index (χ4v) is 4.93. The number of methoxy groups -OCH3 is 2. The molecule has 4 aromatic rings. The van der Waals surface area contributed by atoms with Crippen molar-refractivity contribution in [2.75, 3.05) is 63.8 Å². The van der Waals surface area contributed by atoms with Crippen molar-refractivity contribution in [1.82, 2.24) is 19.9 Å². The zero-order valence-electron chi connectivity index (χ0n) is 23.8. The number of hydrogen-bond acceptors (Lipinski definition) is 9. The summed E-state index contributed by atoms with van der Waals surface area (Å²) in [6.07, 6.45) is 2.98. The first-order valence-corrected chi connectivity index (χ1v) is 13.8. The predicted octanol–water partition coefficient (Wildman–Crippen LogP) is 5.88. The fourth-order valence-electron chi connectivity index (χ4n) is 4.93. The van der Waals surface area contributed by atoms with Gasteiger partial charge in [0, 0.05) is 62.7 Å². The first kappa shape index (κ1) is 29.2. The third kappa shape index (κ3) is 6.43. The van der Waals surface area contributed by atoms with Gasteiger partial charge in [-0.05, 0) is 36.8 Å². The monoisotopic (exact) mass is 582 g/mol. The highest BCUT2D eigenvalue weighted by Gasteiger charge is 2.24. The van der Waals surface area contributed by atoms with Gasteiger partial charge in [-0.15, -0.1) is 0 Å². The molecule has 0 atom stereocenters. The summed E-state index contributed by atoms with van der Waals surface area (Å²) in [7, 11) is 3.14. The van der Waals surface area contributed by atoms with Crippen molar-refractivity contribution < 1.29 is 27.1 Å². The van der Waals surface area contributed by atoms with E-state index in [-0.39, 0.29) is 17.3 Å². The Hall–Kier alpha value is -4.32. The van der Waals surface area contributed by atoms with Gasteiger partial charge in [-0.2, -0.15) is 0 Å². The molecule has 9 nitrogen and oxygen atoms in total. The van der Waals surface area contributed by atoms with Gasteiger partial charge in [-0.25, -0.2) is 28.1 Å². The van der Waals surface area contributed by atoms with Crippen LogP contribution in [0, 0.1) is 11.6 Å². The number of piperazine rings is 1. The molecule has 42 heavy (non-hydrogen) atoms. The summed E-state index contributed by atoms with van der Waals surface area (Å²) in [6.45, 7) is 3.80. The molecule has 2 aromatic carbocycles. The molecule has 5 rings (SSSR count). The van der Waals surface area contributed by atoms with Crippen molar-refractivity contribution in [2.45, 2.75) is 19.8 Å². The highest BCUT2D eigenvalue weighted by atomic mass is 19.1. The lowest BCUT2D eigenvalue weighted by Crippen LogP contribution is -2.47. The van der Waals surface area contributed by atoms with Gasteiger partial charge < -0.3 is 24.1 Å². The quantitative estimate of drug-likeness (QED) is 0.233. The van der Waals surface area contributed by atoms with Gasteiger partial charge in [-0.3, -0.25) is 4.90 Å². The van der Waals surface area contributed by atoms with Crippen molar-refractivity contribution >= 4 is 17.3 Å². The van der Waals surface area contributed by atoms with E-state index in [2.05, 4.69) is 15.3 Å². The van der Waals surface area contributed by atoms with Gasteiger partial charge in [0.25, 0.3) is 0 Å². The number of oxazole rings is 1. The standard InChI is InChI=1S/C30H33F3N6O3/c1-4-5-26-37-27(19-14-21(40-2)18-22(15-19)41-3)29(42-26)25-6-8-34-30(36-25)35-20-16-23(32)28(24(33)17-20)39-12-10-38(9-7-31)11-13-39/h6,8,14-18H,4-5,7,9-13H2,1-3H3,(H,34,35,36). The highest BCUT2D eigenvalue weighted by molar-refractivity contribution is 5.77. The Balaban J connectivity index is 1.42. The summed E-state index contributed by atoms with van der Waals surface area (Å²) < 4.78 is 59.9. The number of nitrogens with one attached hydrogen (secondary N) is 1. The van der Waals surface area contributed by atoms with Gasteiger partial charge in [-0.1, -0.05) is 6.92 Å². The third-order valence-corrected chi connectivity index (χ3v) is 7.01. The Morgan fingerprint density at radius 2 is 1.64 bits per heavy atom. The van der Waals surface area contributed by atoms with Crippen molar-refractivity contribution in [3.8, 4) is 34.2 Å². The van der Waals surface area contributed by atoms with E-state index in [4.69, 9.17) is 18.9 Å². The summed E-state index contributed by atoms with van der Waals surface area (Å²) >= 11 is 0. The van der Waals surface area contributed by atoms with Crippen molar-refractivity contribution in [3.63, 3.8) is 0 Å². The van der Waals surface area contributed by atoms with Crippen molar-refractivity contribution in [2.24, 2.45) is 0 Å². The van der Waals surface area contributed by atoms with Crippen molar-refractivity contribution in [3.05, 3.63) is 60.1 Å². The number of rotatable bonds is 11. The summed E-state index contributed by atoms with van der Waals surface area (Å²) in [6, 6.07) is 9.52. The summed E-state index contributed by atoms with van der Waals surface area (Å²) in [4.78, 5) is 17.1. The van der Waals surface area contributed by atoms with E-state index in [1.54, 1.807) is 31.3 Å². The first-order valence-electron chi connectivity index (χ1n) is 13.8. The molecule has 0 radical (unpaired) electrons. The molecule has 1 aliphatic rings. The molecule has 1 N–H and O–H groups in total. The molecular weight excluding hydrogens is 549 g/mol. The van der Waals surface area contributed by atoms with E-state index in [1.807, 2.05) is 24.0 Å². The Labute approximate surface area is 242 Å². The third-order valence-electron chi connectivity index (χ3n) is 7.01. The SMILES string of the molecule is CCCc1nc(-c2cc(OC)cc(OC)c2)c(-c2ccnc(Nc3cc(F)c(N4CCN(CCF)CC4)c(F)c3)n2)o1. The molecule has 0 spiro atoms. The van der Waals surface area contributed by atoms with Gasteiger partial charge in [0.15, 0.2) is 23.3 Å². The van der Waals surface area contributed by atoms with E-state index >= 15 is 8.78 Å². The van der Waals surface area contributed by atoms with Crippen LogP contribution in [0.25, 0.3) is 22.7 Å². The average Bonchev–Trinajstić information content (AvgIpc) is 3.42. The lowest BCUT2D eigenvalue weighted by Gasteiger charge is -2.35. The summed E-state index contributed by atoms with van der Waals surface area (Å²) in [5.41, 5.74) is 1.75. The number of ether oxygens (including phenoxy) is 2. The lowest BCUT2D eigenvalue weighted by atomic mass is 10.1. The van der Waals surface area contributed by atoms with Crippen LogP contribution in [0.3, 0.4) is 0 Å². The van der Waals surface area contributed by atoms with E-state index < -0.39 is 18.3 Å². The normalized spacial score (nSPS) is 13.8. The topological polar surface area (TPSA) is 88.8 Å². The molecule has 0 unspecified atom stereocenters. The maximum Gasteiger partial charge on any atom is 0.227 e. The van der Waals surface area contributed by atoms with Crippen LogP contribution in [0.2, 0.25) is 0 Å². The number of aromatic nitrogens is 3. The average molecular weight is 583 g/mol. The van der Waals surface area contributed by atoms with Gasteiger partial charge >= 0.3 is 0 Å². The van der Waals surface area contributed by atoms with Crippen LogP contribution >= 0.6 is 0 Å². The summed E-state index contributed by atoms with van der Waals surface area (Å²) in [5.74, 6) is 0.856. The molecule has 12 heteroatoms. The van der Waals surface area contributed by atoms with E-state index in [9.17, 15) is 4.39 Å². The van der Waals surface area contributed by atoms with Gasteiger partial charge in [0.2, 0.25) is 5.95 Å². The molecule has 2 aromatic heterocycles. The largest absolute Gasteiger partial charge is 0.497 e. The molecule has 0 aliphatic carbocycles. The Kier molecular flexibility index (Phi) is 9.11. The number of benzene rings is 2. The van der Waals surface area contributed by atoms with Crippen LogP contribution in [0.5, 0.6) is 11.5 Å². The van der Waals surface area contributed by atoms with Crippen LogP contribution < -0.4 is 19.7 Å². The minimum absolute atomic E-state index is 0.0985. The maximum atomic E-state index is 15.1.